The van der Waals surface area contributed by atoms with Crippen LogP contribution in [0.2, 0.25) is 20.1 Å². The molecule has 12 heteroatoms. The highest BCUT2D eigenvalue weighted by Gasteiger charge is 2.59. The topological polar surface area (TPSA) is 50.4 Å². The van der Waals surface area contributed by atoms with Gasteiger partial charge < -0.3 is 5.32 Å². The van der Waals surface area contributed by atoms with E-state index in [9.17, 15) is 18.0 Å². The van der Waals surface area contributed by atoms with Gasteiger partial charge in [0, 0.05) is 11.1 Å². The molecule has 0 aromatic heterocycles. The molecule has 2 aromatic rings. The quantitative estimate of drug-likeness (QED) is 0.343. The van der Waals surface area contributed by atoms with E-state index in [1.807, 2.05) is 6.92 Å². The molecule has 0 radical (unpaired) electrons. The molecule has 0 bridgehead atoms. The van der Waals surface area contributed by atoms with Gasteiger partial charge in [0.25, 0.3) is 0 Å². The number of amides is 1. The summed E-state index contributed by atoms with van der Waals surface area (Å²) >= 11 is 25.6. The van der Waals surface area contributed by atoms with E-state index in [-0.39, 0.29) is 37.3 Å². The van der Waals surface area contributed by atoms with Gasteiger partial charge in [0.05, 0.1) is 36.2 Å². The lowest BCUT2D eigenvalue weighted by Crippen LogP contribution is -2.42. The average Bonchev–Trinajstić information content (AvgIpc) is 3.20. The first-order valence-electron chi connectivity index (χ1n) is 9.86. The fourth-order valence-corrected chi connectivity index (χ4v) is 4.97. The molecule has 2 N–H and O–H groups in total. The second kappa shape index (κ2) is 9.99. The standard InChI is InChI=1S/C22H19Cl4F3N2O2S/c1-4-34-20(2,3)19(32)30-16-6-5-11(7-13(16)23)17-10-21(33-31-17,22(27,28)29)12-8-14(24)18(26)15(25)9-12/h5-10,31H,4H2,1-3H3,(H,30,32). The molecule has 184 valence electrons. The summed E-state index contributed by atoms with van der Waals surface area (Å²) in [5.41, 5.74) is -0.250. The van der Waals surface area contributed by atoms with Crippen molar-refractivity contribution in [3.8, 4) is 0 Å². The summed E-state index contributed by atoms with van der Waals surface area (Å²) in [4.78, 5) is 17.6. The lowest BCUT2D eigenvalue weighted by atomic mass is 9.91. The van der Waals surface area contributed by atoms with Crippen molar-refractivity contribution in [2.24, 2.45) is 0 Å². The summed E-state index contributed by atoms with van der Waals surface area (Å²) in [5.74, 6) is 0.501. The predicted octanol–water partition coefficient (Wildman–Crippen LogP) is 8.10. The Morgan fingerprint density at radius 3 is 2.24 bits per heavy atom. The van der Waals surface area contributed by atoms with Crippen molar-refractivity contribution in [2.75, 3.05) is 11.1 Å². The first kappa shape index (κ1) is 27.3. The van der Waals surface area contributed by atoms with Crippen LogP contribution < -0.4 is 10.8 Å². The summed E-state index contributed by atoms with van der Waals surface area (Å²) < 4.78 is 41.9. The highest BCUT2D eigenvalue weighted by molar-refractivity contribution is 8.01. The van der Waals surface area contributed by atoms with Gasteiger partial charge in [-0.1, -0.05) is 59.4 Å². The van der Waals surface area contributed by atoms with Crippen molar-refractivity contribution in [1.82, 2.24) is 5.48 Å². The van der Waals surface area contributed by atoms with Crippen LogP contribution in [0.3, 0.4) is 0 Å². The van der Waals surface area contributed by atoms with E-state index in [4.69, 9.17) is 51.2 Å². The Hall–Kier alpha value is -1.29. The number of rotatable bonds is 6. The number of hydrogen-bond donors (Lipinski definition) is 2. The van der Waals surface area contributed by atoms with E-state index >= 15 is 0 Å². The van der Waals surface area contributed by atoms with E-state index in [0.29, 0.717) is 11.3 Å². The Bertz CT molecular complexity index is 1130. The number of benzene rings is 2. The lowest BCUT2D eigenvalue weighted by Gasteiger charge is -2.29. The minimum atomic E-state index is -4.87. The fourth-order valence-electron chi connectivity index (χ4n) is 3.24. The number of alkyl halides is 3. The Morgan fingerprint density at radius 2 is 1.71 bits per heavy atom. The van der Waals surface area contributed by atoms with Gasteiger partial charge in [-0.2, -0.15) is 13.2 Å². The van der Waals surface area contributed by atoms with Crippen LogP contribution in [-0.4, -0.2) is 22.6 Å². The number of thioether (sulfide) groups is 1. The number of hydroxylamine groups is 1. The molecule has 0 aliphatic carbocycles. The van der Waals surface area contributed by atoms with Crippen LogP contribution in [-0.2, 0) is 15.2 Å². The Morgan fingerprint density at radius 1 is 1.09 bits per heavy atom. The molecule has 0 saturated carbocycles. The van der Waals surface area contributed by atoms with Gasteiger partial charge in [0.1, 0.15) is 0 Å². The van der Waals surface area contributed by atoms with Crippen LogP contribution in [0.1, 0.15) is 31.9 Å². The number of anilines is 1. The van der Waals surface area contributed by atoms with Gasteiger partial charge in [-0.25, -0.2) is 0 Å². The van der Waals surface area contributed by atoms with Crippen molar-refractivity contribution in [3.63, 3.8) is 0 Å². The van der Waals surface area contributed by atoms with Gasteiger partial charge in [0.15, 0.2) is 0 Å². The first-order chi connectivity index (χ1) is 15.7. The molecule has 1 unspecified atom stereocenters. The zero-order valence-electron chi connectivity index (χ0n) is 18.0. The largest absolute Gasteiger partial charge is 0.428 e. The van der Waals surface area contributed by atoms with Gasteiger partial charge in [0.2, 0.25) is 11.5 Å². The van der Waals surface area contributed by atoms with E-state index < -0.39 is 16.5 Å². The summed E-state index contributed by atoms with van der Waals surface area (Å²) in [5, 5.41) is 2.54. The maximum atomic E-state index is 14.2. The number of halogens is 7. The minimum absolute atomic E-state index is 0.0150. The Balaban J connectivity index is 1.97. The van der Waals surface area contributed by atoms with E-state index in [0.717, 1.165) is 24.0 Å². The highest BCUT2D eigenvalue weighted by Crippen LogP contribution is 2.49. The van der Waals surface area contributed by atoms with Gasteiger partial charge in [-0.3, -0.25) is 15.1 Å². The zero-order chi connectivity index (χ0) is 25.5. The Labute approximate surface area is 219 Å². The molecule has 0 saturated heterocycles. The fraction of sp³-hybridized carbons (Fsp3) is 0.318. The molecule has 1 heterocycles. The summed E-state index contributed by atoms with van der Waals surface area (Å²) in [6.07, 6.45) is -4.00. The third-order valence-electron chi connectivity index (χ3n) is 5.08. The molecule has 2 aromatic carbocycles. The van der Waals surface area contributed by atoms with Gasteiger partial charge >= 0.3 is 6.18 Å². The summed E-state index contributed by atoms with van der Waals surface area (Å²) in [6.45, 7) is 5.52. The van der Waals surface area contributed by atoms with Crippen LogP contribution in [0.25, 0.3) is 5.70 Å². The minimum Gasteiger partial charge on any atom is -0.324 e. The van der Waals surface area contributed by atoms with Crippen molar-refractivity contribution in [1.29, 1.82) is 0 Å². The van der Waals surface area contributed by atoms with Crippen LogP contribution in [0.15, 0.2) is 36.4 Å². The second-order valence-corrected chi connectivity index (χ2v) is 11.3. The SMILES string of the molecule is CCSC(C)(C)C(=O)Nc1ccc(C2=CC(c3cc(Cl)c(Cl)c(Cl)c3)(C(F)(F)F)ON2)cc1Cl. The van der Waals surface area contributed by atoms with Crippen LogP contribution in [0.4, 0.5) is 18.9 Å². The first-order valence-corrected chi connectivity index (χ1v) is 12.4. The maximum Gasteiger partial charge on any atom is 0.428 e. The number of carbonyl (C=O) groups is 1. The van der Waals surface area contributed by atoms with Crippen molar-refractivity contribution >= 4 is 75.5 Å². The molecular formula is C22H19Cl4F3N2O2S. The Kier molecular flexibility index (Phi) is 8.02. The molecule has 4 nitrogen and oxygen atoms in total. The van der Waals surface area contributed by atoms with E-state index in [1.165, 1.54) is 30.0 Å². The molecule has 1 atom stereocenters. The van der Waals surface area contributed by atoms with Gasteiger partial charge in [-0.05, 0) is 49.9 Å². The molecule has 34 heavy (non-hydrogen) atoms. The molecule has 0 fully saturated rings. The lowest BCUT2D eigenvalue weighted by molar-refractivity contribution is -0.269. The smallest absolute Gasteiger partial charge is 0.324 e. The number of hydrogen-bond acceptors (Lipinski definition) is 4. The molecule has 3 rings (SSSR count). The normalized spacial score (nSPS) is 18.5. The molecular weight excluding hydrogens is 555 g/mol. The molecule has 0 spiro atoms. The highest BCUT2D eigenvalue weighted by atomic mass is 35.5. The predicted molar refractivity (Wildman–Crippen MR) is 134 cm³/mol. The van der Waals surface area contributed by atoms with E-state index in [2.05, 4.69) is 10.8 Å². The van der Waals surface area contributed by atoms with Crippen LogP contribution in [0, 0.1) is 0 Å². The van der Waals surface area contributed by atoms with E-state index in [1.54, 1.807) is 13.8 Å². The molecule has 1 aliphatic heterocycles. The molecule has 1 amide bonds. The summed E-state index contributed by atoms with van der Waals surface area (Å²) in [6, 6.07) is 6.54. The van der Waals surface area contributed by atoms with Crippen LogP contribution >= 0.6 is 58.2 Å². The summed E-state index contributed by atoms with van der Waals surface area (Å²) in [7, 11) is 0. The third-order valence-corrected chi connectivity index (χ3v) is 7.79. The van der Waals surface area contributed by atoms with Crippen LogP contribution in [0.5, 0.6) is 0 Å². The third kappa shape index (κ3) is 5.27. The van der Waals surface area contributed by atoms with Crippen molar-refractivity contribution in [2.45, 2.75) is 37.3 Å². The van der Waals surface area contributed by atoms with Gasteiger partial charge in [-0.15, -0.1) is 11.8 Å². The number of carbonyl (C=O) groups excluding carboxylic acids is 1. The zero-order valence-corrected chi connectivity index (χ0v) is 21.9. The average molecular weight is 574 g/mol. The van der Waals surface area contributed by atoms with Crippen molar-refractivity contribution < 1.29 is 22.8 Å². The monoisotopic (exact) mass is 572 g/mol. The van der Waals surface area contributed by atoms with Crippen molar-refractivity contribution in [3.05, 3.63) is 67.6 Å². The number of nitrogens with one attached hydrogen (secondary N) is 2. The maximum absolute atomic E-state index is 14.2. The second-order valence-electron chi connectivity index (χ2n) is 7.84. The molecule has 1 aliphatic rings.